The van der Waals surface area contributed by atoms with Gasteiger partial charge in [0.15, 0.2) is 10.9 Å². The molecule has 140 valence electrons. The molecule has 1 unspecified atom stereocenters. The van der Waals surface area contributed by atoms with Crippen LogP contribution in [0.4, 0.5) is 5.13 Å². The van der Waals surface area contributed by atoms with Crippen LogP contribution in [0.25, 0.3) is 0 Å². The van der Waals surface area contributed by atoms with Gasteiger partial charge < -0.3 is 10.2 Å². The number of Topliss-reactive ketones (excluding diaryl/α,β-unsaturated/α-hetero) is 1. The number of aromatic nitrogens is 1. The van der Waals surface area contributed by atoms with Gasteiger partial charge in [0.2, 0.25) is 11.8 Å². The van der Waals surface area contributed by atoms with Gasteiger partial charge >= 0.3 is 0 Å². The van der Waals surface area contributed by atoms with Crippen molar-refractivity contribution in [2.45, 2.75) is 51.9 Å². The van der Waals surface area contributed by atoms with Crippen molar-refractivity contribution in [2.75, 3.05) is 18.4 Å². The molecule has 1 aromatic heterocycles. The van der Waals surface area contributed by atoms with E-state index in [1.165, 1.54) is 11.3 Å². The monoisotopic (exact) mass is 375 g/mol. The molecule has 3 aliphatic rings. The minimum atomic E-state index is -0.305. The summed E-state index contributed by atoms with van der Waals surface area (Å²) in [6.07, 6.45) is 5.79. The summed E-state index contributed by atoms with van der Waals surface area (Å²) in [6, 6.07) is 0. The zero-order chi connectivity index (χ0) is 18.3. The highest BCUT2D eigenvalue weighted by Crippen LogP contribution is 2.35. The normalized spacial score (nSPS) is 24.1. The van der Waals surface area contributed by atoms with E-state index >= 15 is 0 Å². The van der Waals surface area contributed by atoms with E-state index in [1.54, 1.807) is 0 Å². The maximum absolute atomic E-state index is 12.8. The highest BCUT2D eigenvalue weighted by atomic mass is 32.1. The summed E-state index contributed by atoms with van der Waals surface area (Å²) in [5.74, 6) is 0.521. The molecule has 0 aromatic carbocycles. The molecule has 1 aromatic rings. The number of amides is 2. The smallest absolute Gasteiger partial charge is 0.229 e. The van der Waals surface area contributed by atoms with Crippen LogP contribution in [-0.2, 0) is 16.0 Å². The maximum Gasteiger partial charge on any atom is 0.229 e. The lowest BCUT2D eigenvalue weighted by Gasteiger charge is -2.33. The van der Waals surface area contributed by atoms with E-state index in [-0.39, 0.29) is 35.9 Å². The Morgan fingerprint density at radius 3 is 2.50 bits per heavy atom. The van der Waals surface area contributed by atoms with Crippen LogP contribution in [0.5, 0.6) is 0 Å². The average molecular weight is 375 g/mol. The van der Waals surface area contributed by atoms with Crippen LogP contribution in [0.15, 0.2) is 0 Å². The third-order valence-corrected chi connectivity index (χ3v) is 7.03. The van der Waals surface area contributed by atoms with Gasteiger partial charge in [-0.05, 0) is 31.6 Å². The quantitative estimate of drug-likeness (QED) is 0.881. The Morgan fingerprint density at radius 1 is 1.12 bits per heavy atom. The lowest BCUT2D eigenvalue weighted by molar-refractivity contribution is -0.137. The summed E-state index contributed by atoms with van der Waals surface area (Å²) in [5.41, 5.74) is 0.680. The van der Waals surface area contributed by atoms with Gasteiger partial charge in [-0.15, -0.1) is 0 Å². The Kier molecular flexibility index (Phi) is 4.82. The number of anilines is 1. The molecule has 6 nitrogen and oxygen atoms in total. The van der Waals surface area contributed by atoms with Crippen molar-refractivity contribution < 1.29 is 14.4 Å². The Balaban J connectivity index is 1.43. The first-order valence-corrected chi connectivity index (χ1v) is 10.5. The fraction of sp³-hybridized carbons (Fsp3) is 0.684. The minimum absolute atomic E-state index is 0.00450. The van der Waals surface area contributed by atoms with Crippen LogP contribution in [0.1, 0.15) is 60.8 Å². The molecular formula is C19H25N3O3S. The van der Waals surface area contributed by atoms with E-state index < -0.39 is 0 Å². The number of likely N-dealkylation sites (tertiary alicyclic amines) is 1. The second kappa shape index (κ2) is 7.10. The fourth-order valence-corrected chi connectivity index (χ4v) is 4.87. The van der Waals surface area contributed by atoms with Crippen LogP contribution in [0, 0.1) is 17.8 Å². The van der Waals surface area contributed by atoms with Gasteiger partial charge in [-0.1, -0.05) is 24.7 Å². The summed E-state index contributed by atoms with van der Waals surface area (Å²) in [4.78, 5) is 44.4. The van der Waals surface area contributed by atoms with E-state index in [0.29, 0.717) is 28.0 Å². The second-order valence-electron chi connectivity index (χ2n) is 7.95. The molecule has 7 heteroatoms. The number of nitrogens with zero attached hydrogens (tertiary/aromatic N) is 2. The molecule has 4 rings (SSSR count). The number of nitrogens with one attached hydrogen (secondary N) is 1. The number of fused-ring (bicyclic) bond motifs is 1. The molecule has 26 heavy (non-hydrogen) atoms. The lowest BCUT2D eigenvalue weighted by Crippen LogP contribution is -2.43. The number of rotatable bonds is 3. The summed E-state index contributed by atoms with van der Waals surface area (Å²) in [6.45, 7) is 3.79. The highest BCUT2D eigenvalue weighted by Gasteiger charge is 2.36. The van der Waals surface area contributed by atoms with Crippen LogP contribution in [-0.4, -0.2) is 40.6 Å². The van der Waals surface area contributed by atoms with Crippen LogP contribution in [0.3, 0.4) is 0 Å². The number of piperidine rings is 1. The van der Waals surface area contributed by atoms with E-state index in [2.05, 4.69) is 17.2 Å². The zero-order valence-electron chi connectivity index (χ0n) is 15.1. The molecular weight excluding hydrogens is 350 g/mol. The van der Waals surface area contributed by atoms with E-state index in [0.717, 1.165) is 45.2 Å². The number of thiazole rings is 1. The average Bonchev–Trinajstić information content (AvgIpc) is 2.96. The van der Waals surface area contributed by atoms with E-state index in [9.17, 15) is 14.4 Å². The molecule has 1 saturated heterocycles. The SMILES string of the molecule is CC1CCN(C(=O)C2CC(=O)c3sc(NC(=O)C4CCC4)nc3C2)CC1. The van der Waals surface area contributed by atoms with E-state index in [1.807, 2.05) is 4.90 Å². The summed E-state index contributed by atoms with van der Waals surface area (Å²) in [5, 5.41) is 3.35. The molecule has 2 heterocycles. The molecule has 1 atom stereocenters. The molecule has 2 fully saturated rings. The standard InChI is InChI=1S/C19H25N3O3S/c1-11-5-7-22(8-6-11)18(25)13-9-14-16(15(23)10-13)26-19(20-14)21-17(24)12-3-2-4-12/h11-13H,2-10H2,1H3,(H,20,21,24). The molecule has 0 bridgehead atoms. The molecule has 0 radical (unpaired) electrons. The van der Waals surface area contributed by atoms with Crippen LogP contribution >= 0.6 is 11.3 Å². The van der Waals surface area contributed by atoms with Gasteiger partial charge in [0, 0.05) is 31.8 Å². The number of hydrogen-bond acceptors (Lipinski definition) is 5. The fourth-order valence-electron chi connectivity index (χ4n) is 3.92. The molecule has 2 aliphatic carbocycles. The first-order valence-electron chi connectivity index (χ1n) is 9.64. The van der Waals surface area contributed by atoms with Crippen molar-refractivity contribution in [1.82, 2.24) is 9.88 Å². The second-order valence-corrected chi connectivity index (χ2v) is 8.95. The van der Waals surface area contributed by atoms with Crippen molar-refractivity contribution in [2.24, 2.45) is 17.8 Å². The Hall–Kier alpha value is -1.76. The van der Waals surface area contributed by atoms with Crippen molar-refractivity contribution in [3.63, 3.8) is 0 Å². The Bertz CT molecular complexity index is 732. The van der Waals surface area contributed by atoms with Gasteiger partial charge in [0.25, 0.3) is 0 Å². The van der Waals surface area contributed by atoms with Crippen molar-refractivity contribution in [1.29, 1.82) is 0 Å². The predicted octanol–water partition coefficient (Wildman–Crippen LogP) is 2.89. The van der Waals surface area contributed by atoms with Crippen molar-refractivity contribution in [3.8, 4) is 0 Å². The van der Waals surface area contributed by atoms with Gasteiger partial charge in [0.05, 0.1) is 16.5 Å². The zero-order valence-corrected chi connectivity index (χ0v) is 15.9. The third kappa shape index (κ3) is 3.41. The first kappa shape index (κ1) is 17.6. The van der Waals surface area contributed by atoms with Crippen LogP contribution < -0.4 is 5.32 Å². The van der Waals surface area contributed by atoms with Gasteiger partial charge in [-0.3, -0.25) is 14.4 Å². The largest absolute Gasteiger partial charge is 0.342 e. The maximum atomic E-state index is 12.8. The number of ketones is 1. The summed E-state index contributed by atoms with van der Waals surface area (Å²) >= 11 is 1.26. The number of hydrogen-bond donors (Lipinski definition) is 1. The lowest BCUT2D eigenvalue weighted by atomic mass is 9.85. The summed E-state index contributed by atoms with van der Waals surface area (Å²) < 4.78 is 0. The predicted molar refractivity (Wildman–Crippen MR) is 99.2 cm³/mol. The number of carbonyl (C=O) groups is 3. The van der Waals surface area contributed by atoms with Gasteiger partial charge in [-0.25, -0.2) is 4.98 Å². The topological polar surface area (TPSA) is 79.4 Å². The Morgan fingerprint density at radius 2 is 1.85 bits per heavy atom. The molecule has 2 amide bonds. The summed E-state index contributed by atoms with van der Waals surface area (Å²) in [7, 11) is 0. The van der Waals surface area contributed by atoms with Gasteiger partial charge in [0.1, 0.15) is 0 Å². The third-order valence-electron chi connectivity index (χ3n) is 5.97. The van der Waals surface area contributed by atoms with Crippen molar-refractivity contribution >= 4 is 34.1 Å². The molecule has 1 saturated carbocycles. The minimum Gasteiger partial charge on any atom is -0.342 e. The highest BCUT2D eigenvalue weighted by molar-refractivity contribution is 7.17. The van der Waals surface area contributed by atoms with Crippen molar-refractivity contribution in [3.05, 3.63) is 10.6 Å². The van der Waals surface area contributed by atoms with E-state index in [4.69, 9.17) is 0 Å². The molecule has 1 N–H and O–H groups in total. The molecule has 0 spiro atoms. The molecule has 1 aliphatic heterocycles. The van der Waals surface area contributed by atoms with Gasteiger partial charge in [-0.2, -0.15) is 0 Å². The van der Waals surface area contributed by atoms with Crippen LogP contribution in [0.2, 0.25) is 0 Å². The first-order chi connectivity index (χ1) is 12.5. The Labute approximate surface area is 157 Å². The number of carbonyl (C=O) groups excluding carboxylic acids is 3.